The number of urea groups is 1. The molecule has 1 fully saturated rings. The number of amides is 3. The zero-order valence-corrected chi connectivity index (χ0v) is 14.7. The van der Waals surface area contributed by atoms with E-state index in [1.54, 1.807) is 4.90 Å². The number of hydrogen-bond donors (Lipinski definition) is 2. The Labute approximate surface area is 150 Å². The second-order valence-corrected chi connectivity index (χ2v) is 7.22. The number of fused-ring (bicyclic) bond motifs is 1. The number of anilines is 2. The van der Waals surface area contributed by atoms with Crippen LogP contribution in [0.4, 0.5) is 15.6 Å². The minimum Gasteiger partial charge on any atom is -0.336 e. The fraction of sp³-hybridized carbons (Fsp3) is 0.389. The van der Waals surface area contributed by atoms with Crippen LogP contribution in [0.5, 0.6) is 0 Å². The number of aromatic nitrogens is 1. The molecule has 2 N–H and O–H groups in total. The summed E-state index contributed by atoms with van der Waals surface area (Å²) >= 11 is 1.40. The zero-order chi connectivity index (χ0) is 17.2. The molecule has 0 spiro atoms. The average molecular weight is 356 g/mol. The van der Waals surface area contributed by atoms with E-state index >= 15 is 0 Å². The number of hydrogen-bond acceptors (Lipinski definition) is 4. The molecule has 0 radical (unpaired) electrons. The van der Waals surface area contributed by atoms with Gasteiger partial charge in [-0.2, -0.15) is 0 Å². The van der Waals surface area contributed by atoms with Crippen LogP contribution in [-0.4, -0.2) is 30.0 Å². The van der Waals surface area contributed by atoms with Crippen molar-refractivity contribution in [1.29, 1.82) is 0 Å². The Morgan fingerprint density at radius 1 is 1.32 bits per heavy atom. The Kier molecular flexibility index (Phi) is 4.40. The summed E-state index contributed by atoms with van der Waals surface area (Å²) in [5.74, 6) is -0.0679. The first-order valence-corrected chi connectivity index (χ1v) is 9.49. The Balaban J connectivity index is 1.43. The molecule has 1 aliphatic carbocycles. The van der Waals surface area contributed by atoms with Crippen LogP contribution in [0.1, 0.15) is 29.7 Å². The molecule has 7 heteroatoms. The van der Waals surface area contributed by atoms with E-state index in [1.165, 1.54) is 35.3 Å². The highest BCUT2D eigenvalue weighted by molar-refractivity contribution is 7.14. The number of benzene rings is 1. The van der Waals surface area contributed by atoms with Gasteiger partial charge in [0.1, 0.15) is 0 Å². The van der Waals surface area contributed by atoms with E-state index in [0.717, 1.165) is 18.5 Å². The molecule has 0 saturated carbocycles. The van der Waals surface area contributed by atoms with Crippen molar-refractivity contribution in [2.45, 2.75) is 32.1 Å². The molecule has 3 amide bonds. The van der Waals surface area contributed by atoms with Crippen LogP contribution in [0.15, 0.2) is 23.6 Å². The van der Waals surface area contributed by atoms with Crippen LogP contribution < -0.4 is 15.5 Å². The molecule has 0 atom stereocenters. The number of rotatable bonds is 4. The third-order valence-corrected chi connectivity index (χ3v) is 5.55. The molecule has 4 rings (SSSR count). The number of aryl methyl sites for hydroxylation is 1. The number of carbonyl (C=O) groups is 2. The topological polar surface area (TPSA) is 74.3 Å². The van der Waals surface area contributed by atoms with Gasteiger partial charge < -0.3 is 10.6 Å². The first-order chi connectivity index (χ1) is 12.2. The maximum absolute atomic E-state index is 12.4. The first-order valence-electron chi connectivity index (χ1n) is 8.61. The average Bonchev–Trinajstić information content (AvgIpc) is 3.24. The van der Waals surface area contributed by atoms with Gasteiger partial charge in [0.05, 0.1) is 12.1 Å². The molecular formula is C18H20N4O2S. The fourth-order valence-electron chi connectivity index (χ4n) is 3.41. The van der Waals surface area contributed by atoms with Crippen LogP contribution in [0.3, 0.4) is 0 Å². The largest absolute Gasteiger partial charge is 0.336 e. The Bertz CT molecular complexity index is 817. The van der Waals surface area contributed by atoms with Crippen molar-refractivity contribution >= 4 is 34.1 Å². The van der Waals surface area contributed by atoms with Crippen LogP contribution in [0.2, 0.25) is 0 Å². The normalized spacial score (nSPS) is 16.5. The summed E-state index contributed by atoms with van der Waals surface area (Å²) in [7, 11) is 0. The highest BCUT2D eigenvalue weighted by Gasteiger charge is 2.24. The Hall–Kier alpha value is -2.41. The molecule has 130 valence electrons. The highest BCUT2D eigenvalue weighted by Crippen LogP contribution is 2.28. The summed E-state index contributed by atoms with van der Waals surface area (Å²) in [4.78, 5) is 30.2. The molecule has 2 aliphatic rings. The first kappa shape index (κ1) is 16.1. The second kappa shape index (κ2) is 6.84. The van der Waals surface area contributed by atoms with Gasteiger partial charge in [-0.25, -0.2) is 9.78 Å². The van der Waals surface area contributed by atoms with Crippen molar-refractivity contribution < 1.29 is 9.59 Å². The molecule has 0 unspecified atom stereocenters. The molecule has 1 aliphatic heterocycles. The highest BCUT2D eigenvalue weighted by atomic mass is 32.1. The monoisotopic (exact) mass is 356 g/mol. The van der Waals surface area contributed by atoms with Crippen molar-refractivity contribution in [1.82, 2.24) is 10.3 Å². The second-order valence-electron chi connectivity index (χ2n) is 6.38. The standard InChI is InChI=1S/C18H20N4O2S/c23-16(21-15-7-3-5-12-4-1-2-6-14(12)15)10-13-11-25-18(20-13)22-9-8-19-17(22)24/h3,5,7,11H,1-2,4,6,8-10H2,(H,19,24)(H,21,23). The third kappa shape index (κ3) is 3.37. The lowest BCUT2D eigenvalue weighted by Crippen LogP contribution is -2.27. The smallest absolute Gasteiger partial charge is 0.323 e. The van der Waals surface area contributed by atoms with Gasteiger partial charge in [-0.3, -0.25) is 9.69 Å². The van der Waals surface area contributed by atoms with E-state index in [1.807, 2.05) is 17.5 Å². The molecule has 1 saturated heterocycles. The van der Waals surface area contributed by atoms with Crippen LogP contribution in [0.25, 0.3) is 0 Å². The maximum atomic E-state index is 12.4. The van der Waals surface area contributed by atoms with Crippen molar-refractivity contribution in [3.05, 3.63) is 40.4 Å². The van der Waals surface area contributed by atoms with Crippen molar-refractivity contribution in [3.63, 3.8) is 0 Å². The van der Waals surface area contributed by atoms with Crippen LogP contribution in [-0.2, 0) is 24.1 Å². The number of thiazole rings is 1. The summed E-state index contributed by atoms with van der Waals surface area (Å²) in [6, 6.07) is 6.01. The van der Waals surface area contributed by atoms with Crippen molar-refractivity contribution in [2.75, 3.05) is 23.3 Å². The van der Waals surface area contributed by atoms with E-state index < -0.39 is 0 Å². The van der Waals surface area contributed by atoms with Gasteiger partial charge in [0.15, 0.2) is 5.13 Å². The van der Waals surface area contributed by atoms with Gasteiger partial charge in [-0.15, -0.1) is 11.3 Å². The summed E-state index contributed by atoms with van der Waals surface area (Å²) in [6.07, 6.45) is 4.72. The Morgan fingerprint density at radius 2 is 2.20 bits per heavy atom. The maximum Gasteiger partial charge on any atom is 0.323 e. The number of carbonyl (C=O) groups excluding carboxylic acids is 2. The van der Waals surface area contributed by atoms with Crippen molar-refractivity contribution in [3.8, 4) is 0 Å². The van der Waals surface area contributed by atoms with E-state index in [2.05, 4.69) is 21.7 Å². The van der Waals surface area contributed by atoms with Gasteiger partial charge in [0, 0.05) is 24.2 Å². The minimum atomic E-state index is -0.124. The third-order valence-electron chi connectivity index (χ3n) is 4.64. The predicted molar refractivity (Wildman–Crippen MR) is 98.3 cm³/mol. The quantitative estimate of drug-likeness (QED) is 0.885. The SMILES string of the molecule is O=C(Cc1csc(N2CCNC2=O)n1)Nc1cccc2c1CCCC2. The zero-order valence-electron chi connectivity index (χ0n) is 13.9. The minimum absolute atomic E-state index is 0.0679. The molecule has 2 heterocycles. The van der Waals surface area contributed by atoms with Crippen molar-refractivity contribution in [2.24, 2.45) is 0 Å². The molecule has 1 aromatic carbocycles. The number of nitrogens with zero attached hydrogens (tertiary/aromatic N) is 2. The van der Waals surface area contributed by atoms with E-state index in [-0.39, 0.29) is 18.4 Å². The fourth-order valence-corrected chi connectivity index (χ4v) is 4.26. The summed E-state index contributed by atoms with van der Waals surface area (Å²) in [6.45, 7) is 1.25. The lowest BCUT2D eigenvalue weighted by molar-refractivity contribution is -0.115. The lowest BCUT2D eigenvalue weighted by Gasteiger charge is -2.19. The lowest BCUT2D eigenvalue weighted by atomic mass is 9.90. The molecule has 6 nitrogen and oxygen atoms in total. The van der Waals surface area contributed by atoms with Gasteiger partial charge in [0.25, 0.3) is 0 Å². The van der Waals surface area contributed by atoms with Gasteiger partial charge in [-0.05, 0) is 42.9 Å². The molecular weight excluding hydrogens is 336 g/mol. The van der Waals surface area contributed by atoms with Gasteiger partial charge in [-0.1, -0.05) is 12.1 Å². The van der Waals surface area contributed by atoms with Crippen LogP contribution in [0, 0.1) is 0 Å². The molecule has 1 aromatic heterocycles. The van der Waals surface area contributed by atoms with E-state index in [9.17, 15) is 9.59 Å². The molecule has 2 aromatic rings. The summed E-state index contributed by atoms with van der Waals surface area (Å²) in [5.41, 5.74) is 4.24. The van der Waals surface area contributed by atoms with Gasteiger partial charge in [0.2, 0.25) is 5.91 Å². The molecule has 25 heavy (non-hydrogen) atoms. The predicted octanol–water partition coefficient (Wildman–Crippen LogP) is 2.73. The Morgan fingerprint density at radius 3 is 3.04 bits per heavy atom. The van der Waals surface area contributed by atoms with Crippen LogP contribution >= 0.6 is 11.3 Å². The summed E-state index contributed by atoms with van der Waals surface area (Å²) < 4.78 is 0. The van der Waals surface area contributed by atoms with E-state index in [4.69, 9.17) is 0 Å². The molecule has 0 bridgehead atoms. The van der Waals surface area contributed by atoms with E-state index in [0.29, 0.717) is 23.9 Å². The summed E-state index contributed by atoms with van der Waals surface area (Å²) in [5, 5.41) is 8.29. The van der Waals surface area contributed by atoms with Gasteiger partial charge >= 0.3 is 6.03 Å². The number of nitrogens with one attached hydrogen (secondary N) is 2.